The molecule has 0 aromatic heterocycles. The Morgan fingerprint density at radius 1 is 1.35 bits per heavy atom. The number of rotatable bonds is 5. The largest absolute Gasteiger partial charge is 0.399 e. The molecule has 1 unspecified atom stereocenters. The highest BCUT2D eigenvalue weighted by Crippen LogP contribution is 2.13. The number of carbonyl (C=O) groups is 1. The predicted octanol–water partition coefficient (Wildman–Crippen LogP) is 0.599. The molecule has 1 atom stereocenters. The second-order valence-electron chi connectivity index (χ2n) is 4.22. The van der Waals surface area contributed by atoms with Crippen LogP contribution in [0.25, 0.3) is 0 Å². The van der Waals surface area contributed by atoms with Gasteiger partial charge in [0.15, 0.2) is 0 Å². The van der Waals surface area contributed by atoms with Crippen molar-refractivity contribution < 1.29 is 9.90 Å². The van der Waals surface area contributed by atoms with Gasteiger partial charge in [-0.05, 0) is 30.5 Å². The third kappa shape index (κ3) is 4.32. The molecule has 0 aliphatic rings. The highest BCUT2D eigenvalue weighted by atomic mass is 16.3. The van der Waals surface area contributed by atoms with Crippen molar-refractivity contribution in [2.45, 2.75) is 13.3 Å². The van der Waals surface area contributed by atoms with Gasteiger partial charge in [-0.25, -0.2) is 0 Å². The van der Waals surface area contributed by atoms with E-state index in [1.54, 1.807) is 18.2 Å². The first-order valence-electron chi connectivity index (χ1n) is 5.58. The van der Waals surface area contributed by atoms with Gasteiger partial charge in [-0.3, -0.25) is 4.79 Å². The Labute approximate surface area is 101 Å². The molecule has 0 radical (unpaired) electrons. The smallest absolute Gasteiger partial charge is 0.251 e. The van der Waals surface area contributed by atoms with Crippen molar-refractivity contribution in [2.75, 3.05) is 24.6 Å². The summed E-state index contributed by atoms with van der Waals surface area (Å²) in [6.07, 6.45) is 0.666. The van der Waals surface area contributed by atoms with E-state index in [-0.39, 0.29) is 18.4 Å². The summed E-state index contributed by atoms with van der Waals surface area (Å²) in [5, 5.41) is 11.5. The van der Waals surface area contributed by atoms with Crippen LogP contribution in [0.15, 0.2) is 18.2 Å². The molecule has 94 valence electrons. The number of nitrogens with two attached hydrogens (primary N) is 2. The number of nitrogen functional groups attached to an aromatic ring is 2. The number of aliphatic hydroxyl groups is 1. The second-order valence-corrected chi connectivity index (χ2v) is 4.22. The van der Waals surface area contributed by atoms with E-state index in [9.17, 15) is 4.79 Å². The molecule has 0 bridgehead atoms. The molecule has 0 spiro atoms. The van der Waals surface area contributed by atoms with Crippen LogP contribution in [-0.4, -0.2) is 24.2 Å². The molecule has 0 aliphatic heterocycles. The zero-order chi connectivity index (χ0) is 12.8. The Morgan fingerprint density at radius 3 is 2.47 bits per heavy atom. The van der Waals surface area contributed by atoms with Crippen LogP contribution < -0.4 is 16.8 Å². The van der Waals surface area contributed by atoms with Crippen LogP contribution >= 0.6 is 0 Å². The Morgan fingerprint density at radius 2 is 1.94 bits per heavy atom. The average molecular weight is 237 g/mol. The van der Waals surface area contributed by atoms with Crippen LogP contribution in [0.3, 0.4) is 0 Å². The summed E-state index contributed by atoms with van der Waals surface area (Å²) in [5.74, 6) is 0.0381. The van der Waals surface area contributed by atoms with Crippen molar-refractivity contribution in [3.05, 3.63) is 23.8 Å². The summed E-state index contributed by atoms with van der Waals surface area (Å²) >= 11 is 0. The maximum Gasteiger partial charge on any atom is 0.251 e. The molecular formula is C12H19N3O2. The minimum Gasteiger partial charge on any atom is -0.399 e. The molecule has 1 aromatic rings. The third-order valence-corrected chi connectivity index (χ3v) is 2.47. The van der Waals surface area contributed by atoms with E-state index in [1.165, 1.54) is 0 Å². The van der Waals surface area contributed by atoms with Crippen LogP contribution in [0, 0.1) is 5.92 Å². The van der Waals surface area contributed by atoms with Crippen molar-refractivity contribution in [1.29, 1.82) is 0 Å². The molecule has 5 nitrogen and oxygen atoms in total. The molecule has 0 aliphatic carbocycles. The zero-order valence-electron chi connectivity index (χ0n) is 9.94. The van der Waals surface area contributed by atoms with Gasteiger partial charge in [0.1, 0.15) is 0 Å². The van der Waals surface area contributed by atoms with Crippen LogP contribution in [0.2, 0.25) is 0 Å². The fourth-order valence-corrected chi connectivity index (χ4v) is 1.50. The number of benzene rings is 1. The van der Waals surface area contributed by atoms with Gasteiger partial charge in [0.2, 0.25) is 0 Å². The lowest BCUT2D eigenvalue weighted by Gasteiger charge is -2.11. The Bertz CT molecular complexity index is 373. The number of hydrogen-bond donors (Lipinski definition) is 4. The van der Waals surface area contributed by atoms with Crippen LogP contribution in [0.4, 0.5) is 11.4 Å². The summed E-state index contributed by atoms with van der Waals surface area (Å²) in [6.45, 7) is 2.61. The average Bonchev–Trinajstić information content (AvgIpc) is 2.25. The fraction of sp³-hybridized carbons (Fsp3) is 0.417. The molecular weight excluding hydrogens is 218 g/mol. The lowest BCUT2D eigenvalue weighted by atomic mass is 10.1. The number of nitrogens with one attached hydrogen (secondary N) is 1. The fourth-order valence-electron chi connectivity index (χ4n) is 1.50. The van der Waals surface area contributed by atoms with Crippen molar-refractivity contribution in [1.82, 2.24) is 5.32 Å². The summed E-state index contributed by atoms with van der Waals surface area (Å²) in [6, 6.07) is 4.77. The van der Waals surface area contributed by atoms with E-state index in [0.717, 1.165) is 0 Å². The minimum atomic E-state index is -0.200. The van der Waals surface area contributed by atoms with E-state index in [0.29, 0.717) is 29.9 Å². The first-order valence-corrected chi connectivity index (χ1v) is 5.58. The van der Waals surface area contributed by atoms with E-state index < -0.39 is 0 Å². The van der Waals surface area contributed by atoms with E-state index >= 15 is 0 Å². The predicted molar refractivity (Wildman–Crippen MR) is 68.5 cm³/mol. The molecule has 1 rings (SSSR count). The van der Waals surface area contributed by atoms with Crippen molar-refractivity contribution in [2.24, 2.45) is 5.92 Å². The molecule has 0 saturated carbocycles. The van der Waals surface area contributed by atoms with Gasteiger partial charge < -0.3 is 21.9 Å². The van der Waals surface area contributed by atoms with Crippen LogP contribution in [0.5, 0.6) is 0 Å². The lowest BCUT2D eigenvalue weighted by Crippen LogP contribution is -2.28. The standard InChI is InChI=1S/C12H19N3O2/c1-8(2-3-16)7-15-12(17)9-4-10(13)6-11(14)5-9/h4-6,8,16H,2-3,7,13-14H2,1H3,(H,15,17). The summed E-state index contributed by atoms with van der Waals surface area (Å²) in [4.78, 5) is 11.8. The second kappa shape index (κ2) is 6.10. The molecule has 17 heavy (non-hydrogen) atoms. The van der Waals surface area contributed by atoms with Gasteiger partial charge in [0.05, 0.1) is 0 Å². The van der Waals surface area contributed by atoms with E-state index in [2.05, 4.69) is 5.32 Å². The van der Waals surface area contributed by atoms with Gasteiger partial charge in [0.25, 0.3) is 5.91 Å². The molecule has 1 aromatic carbocycles. The number of hydrogen-bond acceptors (Lipinski definition) is 4. The molecule has 0 heterocycles. The highest BCUT2D eigenvalue weighted by molar-refractivity contribution is 5.96. The lowest BCUT2D eigenvalue weighted by molar-refractivity contribution is 0.0945. The summed E-state index contributed by atoms with van der Waals surface area (Å²) in [7, 11) is 0. The normalized spacial score (nSPS) is 12.1. The van der Waals surface area contributed by atoms with Crippen LogP contribution in [0.1, 0.15) is 23.7 Å². The molecule has 0 fully saturated rings. The van der Waals surface area contributed by atoms with Gasteiger partial charge in [0, 0.05) is 30.1 Å². The maximum atomic E-state index is 11.8. The van der Waals surface area contributed by atoms with Gasteiger partial charge in [-0.2, -0.15) is 0 Å². The molecule has 6 N–H and O–H groups in total. The topological polar surface area (TPSA) is 101 Å². The highest BCUT2D eigenvalue weighted by Gasteiger charge is 2.08. The first-order chi connectivity index (χ1) is 8.02. The number of amides is 1. The minimum absolute atomic E-state index is 0.127. The van der Waals surface area contributed by atoms with Gasteiger partial charge in [-0.15, -0.1) is 0 Å². The maximum absolute atomic E-state index is 11.8. The Balaban J connectivity index is 2.58. The molecule has 5 heteroatoms. The van der Waals surface area contributed by atoms with Gasteiger partial charge in [-0.1, -0.05) is 6.92 Å². The van der Waals surface area contributed by atoms with Crippen LogP contribution in [-0.2, 0) is 0 Å². The van der Waals surface area contributed by atoms with E-state index in [4.69, 9.17) is 16.6 Å². The Hall–Kier alpha value is -1.75. The van der Waals surface area contributed by atoms with Crippen molar-refractivity contribution in [3.8, 4) is 0 Å². The van der Waals surface area contributed by atoms with Crippen molar-refractivity contribution >= 4 is 17.3 Å². The number of anilines is 2. The van der Waals surface area contributed by atoms with Crippen molar-refractivity contribution in [3.63, 3.8) is 0 Å². The SMILES string of the molecule is CC(CCO)CNC(=O)c1cc(N)cc(N)c1. The molecule has 1 amide bonds. The quantitative estimate of drug-likeness (QED) is 0.563. The number of aliphatic hydroxyl groups excluding tert-OH is 1. The first kappa shape index (κ1) is 13.3. The third-order valence-electron chi connectivity index (χ3n) is 2.47. The monoisotopic (exact) mass is 237 g/mol. The molecule has 0 saturated heterocycles. The zero-order valence-corrected chi connectivity index (χ0v) is 9.94. The summed E-state index contributed by atoms with van der Waals surface area (Å²) in [5.41, 5.74) is 12.6. The summed E-state index contributed by atoms with van der Waals surface area (Å²) < 4.78 is 0. The van der Waals surface area contributed by atoms with Gasteiger partial charge >= 0.3 is 0 Å². The van der Waals surface area contributed by atoms with E-state index in [1.807, 2.05) is 6.92 Å². The number of carbonyl (C=O) groups excluding carboxylic acids is 1. The Kier molecular flexibility index (Phi) is 4.78.